The minimum absolute atomic E-state index is 0.231. The molecule has 4 heteroatoms. The largest absolute Gasteiger partial charge is 0.494 e. The highest BCUT2D eigenvalue weighted by atomic mass is 16.5. The lowest BCUT2D eigenvalue weighted by molar-refractivity contribution is 0.112. The summed E-state index contributed by atoms with van der Waals surface area (Å²) in [6.45, 7) is 6.85. The topological polar surface area (TPSA) is 44.1 Å². The molecule has 0 amide bonds. The molecule has 0 aliphatic heterocycles. The first kappa shape index (κ1) is 14.3. The molecule has 2 rings (SSSR count). The van der Waals surface area contributed by atoms with Gasteiger partial charge in [0.1, 0.15) is 11.4 Å². The number of nitrogens with zero attached hydrogens (tertiary/aromatic N) is 2. The number of aromatic nitrogens is 2. The van der Waals surface area contributed by atoms with Gasteiger partial charge in [0.15, 0.2) is 6.29 Å². The Hall–Kier alpha value is -2.10. The normalized spacial score (nSPS) is 10.8. The minimum atomic E-state index is 0.231. The van der Waals surface area contributed by atoms with Gasteiger partial charge in [-0.05, 0) is 44.5 Å². The monoisotopic (exact) mass is 272 g/mol. The van der Waals surface area contributed by atoms with Crippen LogP contribution in [-0.2, 0) is 0 Å². The van der Waals surface area contributed by atoms with E-state index in [1.807, 2.05) is 38.1 Å². The highest BCUT2D eigenvalue weighted by Gasteiger charge is 2.12. The summed E-state index contributed by atoms with van der Waals surface area (Å²) in [7, 11) is 0. The lowest BCUT2D eigenvalue weighted by Gasteiger charge is -2.06. The van der Waals surface area contributed by atoms with Gasteiger partial charge in [0, 0.05) is 17.8 Å². The van der Waals surface area contributed by atoms with Crippen molar-refractivity contribution in [1.29, 1.82) is 0 Å². The first-order valence-electron chi connectivity index (χ1n) is 6.93. The molecular weight excluding hydrogens is 252 g/mol. The molecule has 0 atom stereocenters. The van der Waals surface area contributed by atoms with Crippen LogP contribution in [0.15, 0.2) is 30.5 Å². The van der Waals surface area contributed by atoms with Crippen LogP contribution in [0.4, 0.5) is 0 Å². The second-order valence-electron chi connectivity index (χ2n) is 5.00. The molecule has 1 aromatic heterocycles. The van der Waals surface area contributed by atoms with E-state index >= 15 is 0 Å². The molecule has 4 nitrogen and oxygen atoms in total. The van der Waals surface area contributed by atoms with Crippen molar-refractivity contribution in [1.82, 2.24) is 9.78 Å². The Morgan fingerprint density at radius 2 is 2.00 bits per heavy atom. The van der Waals surface area contributed by atoms with Crippen LogP contribution in [0.25, 0.3) is 11.3 Å². The van der Waals surface area contributed by atoms with Crippen molar-refractivity contribution in [2.75, 3.05) is 6.61 Å². The summed E-state index contributed by atoms with van der Waals surface area (Å²) in [5.74, 6) is 0.839. The molecule has 0 saturated heterocycles. The molecule has 2 aromatic rings. The molecule has 0 spiro atoms. The summed E-state index contributed by atoms with van der Waals surface area (Å²) in [5.41, 5.74) is 2.26. The molecule has 0 aliphatic rings. The fourth-order valence-corrected chi connectivity index (χ4v) is 1.91. The number of hydrogen-bond acceptors (Lipinski definition) is 3. The van der Waals surface area contributed by atoms with Crippen molar-refractivity contribution in [3.05, 3.63) is 36.0 Å². The van der Waals surface area contributed by atoms with Gasteiger partial charge < -0.3 is 4.74 Å². The fraction of sp³-hybridized carbons (Fsp3) is 0.375. The van der Waals surface area contributed by atoms with Crippen LogP contribution in [0, 0.1) is 0 Å². The molecule has 0 saturated carbocycles. The number of rotatable bonds is 6. The van der Waals surface area contributed by atoms with E-state index in [9.17, 15) is 4.79 Å². The predicted molar refractivity (Wildman–Crippen MR) is 79.2 cm³/mol. The zero-order valence-corrected chi connectivity index (χ0v) is 12.2. The Morgan fingerprint density at radius 1 is 1.30 bits per heavy atom. The zero-order valence-electron chi connectivity index (χ0n) is 12.2. The molecule has 0 aliphatic carbocycles. The van der Waals surface area contributed by atoms with E-state index in [1.165, 1.54) is 0 Å². The van der Waals surface area contributed by atoms with E-state index in [1.54, 1.807) is 10.9 Å². The van der Waals surface area contributed by atoms with Crippen molar-refractivity contribution >= 4 is 6.29 Å². The first-order valence-corrected chi connectivity index (χ1v) is 6.93. The smallest absolute Gasteiger partial charge is 0.153 e. The number of carbonyl (C=O) groups excluding carboxylic acids is 1. The average Bonchev–Trinajstić information content (AvgIpc) is 2.90. The summed E-state index contributed by atoms with van der Waals surface area (Å²) in [4.78, 5) is 11.2. The molecule has 0 radical (unpaired) electrons. The van der Waals surface area contributed by atoms with E-state index in [0.717, 1.165) is 29.7 Å². The lowest BCUT2D eigenvalue weighted by Crippen LogP contribution is -2.00. The number of carbonyl (C=O) groups is 1. The van der Waals surface area contributed by atoms with E-state index in [0.29, 0.717) is 12.2 Å². The zero-order chi connectivity index (χ0) is 14.5. The minimum Gasteiger partial charge on any atom is -0.494 e. The molecule has 1 aromatic carbocycles. The second kappa shape index (κ2) is 6.37. The van der Waals surface area contributed by atoms with E-state index < -0.39 is 0 Å². The summed E-state index contributed by atoms with van der Waals surface area (Å²) >= 11 is 0. The van der Waals surface area contributed by atoms with E-state index in [-0.39, 0.29) is 6.04 Å². The van der Waals surface area contributed by atoms with Gasteiger partial charge in [-0.1, -0.05) is 6.92 Å². The molecule has 106 valence electrons. The highest BCUT2D eigenvalue weighted by molar-refractivity contribution is 5.85. The van der Waals surface area contributed by atoms with E-state index in [4.69, 9.17) is 4.74 Å². The highest BCUT2D eigenvalue weighted by Crippen LogP contribution is 2.24. The SMILES string of the molecule is CCCOc1ccc(-c2nn(C(C)C)cc2C=O)cc1. The summed E-state index contributed by atoms with van der Waals surface area (Å²) in [5, 5.41) is 4.49. The van der Waals surface area contributed by atoms with Crippen LogP contribution in [-0.4, -0.2) is 22.7 Å². The van der Waals surface area contributed by atoms with Crippen LogP contribution in [0.2, 0.25) is 0 Å². The van der Waals surface area contributed by atoms with Gasteiger partial charge in [0.2, 0.25) is 0 Å². The molecule has 0 bridgehead atoms. The molecule has 0 unspecified atom stereocenters. The number of hydrogen-bond donors (Lipinski definition) is 0. The van der Waals surface area contributed by atoms with Crippen LogP contribution in [0.3, 0.4) is 0 Å². The maximum atomic E-state index is 11.2. The second-order valence-corrected chi connectivity index (χ2v) is 5.00. The Kier molecular flexibility index (Phi) is 4.56. The van der Waals surface area contributed by atoms with Crippen LogP contribution in [0.1, 0.15) is 43.6 Å². The number of aldehydes is 1. The summed E-state index contributed by atoms with van der Waals surface area (Å²) < 4.78 is 7.36. The third kappa shape index (κ3) is 3.07. The summed E-state index contributed by atoms with van der Waals surface area (Å²) in [6.07, 6.45) is 3.62. The molecular formula is C16H20N2O2. The average molecular weight is 272 g/mol. The Morgan fingerprint density at radius 3 is 2.55 bits per heavy atom. The van der Waals surface area contributed by atoms with Gasteiger partial charge in [-0.3, -0.25) is 9.48 Å². The summed E-state index contributed by atoms with van der Waals surface area (Å²) in [6, 6.07) is 7.92. The number of benzene rings is 1. The molecule has 0 N–H and O–H groups in total. The van der Waals surface area contributed by atoms with Gasteiger partial charge in [-0.2, -0.15) is 5.10 Å². The molecule has 20 heavy (non-hydrogen) atoms. The van der Waals surface area contributed by atoms with Gasteiger partial charge >= 0.3 is 0 Å². The van der Waals surface area contributed by atoms with Crippen LogP contribution in [0.5, 0.6) is 5.75 Å². The Bertz CT molecular complexity index is 571. The lowest BCUT2D eigenvalue weighted by atomic mass is 10.1. The van der Waals surface area contributed by atoms with Gasteiger partial charge in [0.05, 0.1) is 12.2 Å². The Labute approximate surface area is 119 Å². The Balaban J connectivity index is 2.28. The third-order valence-corrected chi connectivity index (χ3v) is 3.02. The van der Waals surface area contributed by atoms with Crippen LogP contribution >= 0.6 is 0 Å². The van der Waals surface area contributed by atoms with Gasteiger partial charge in [0.25, 0.3) is 0 Å². The van der Waals surface area contributed by atoms with E-state index in [2.05, 4.69) is 12.0 Å². The quantitative estimate of drug-likeness (QED) is 0.752. The van der Waals surface area contributed by atoms with Crippen molar-refractivity contribution in [2.24, 2.45) is 0 Å². The predicted octanol–water partition coefficient (Wildman–Crippen LogP) is 3.73. The third-order valence-electron chi connectivity index (χ3n) is 3.02. The van der Waals surface area contributed by atoms with Crippen molar-refractivity contribution in [3.8, 4) is 17.0 Å². The maximum absolute atomic E-state index is 11.2. The van der Waals surface area contributed by atoms with Crippen molar-refractivity contribution in [3.63, 3.8) is 0 Å². The standard InChI is InChI=1S/C16H20N2O2/c1-4-9-20-15-7-5-13(6-8-15)16-14(11-19)10-18(17-16)12(2)3/h5-8,10-12H,4,9H2,1-3H3. The van der Waals surface area contributed by atoms with Crippen molar-refractivity contribution in [2.45, 2.75) is 33.2 Å². The van der Waals surface area contributed by atoms with Gasteiger partial charge in [-0.25, -0.2) is 0 Å². The molecule has 1 heterocycles. The molecule has 0 fully saturated rings. The fourth-order valence-electron chi connectivity index (χ4n) is 1.91. The first-order chi connectivity index (χ1) is 9.65. The maximum Gasteiger partial charge on any atom is 0.153 e. The van der Waals surface area contributed by atoms with Crippen molar-refractivity contribution < 1.29 is 9.53 Å². The van der Waals surface area contributed by atoms with Crippen LogP contribution < -0.4 is 4.74 Å². The van der Waals surface area contributed by atoms with Gasteiger partial charge in [-0.15, -0.1) is 0 Å². The number of ether oxygens (including phenoxy) is 1.